The van der Waals surface area contributed by atoms with Gasteiger partial charge in [0.2, 0.25) is 5.75 Å². The van der Waals surface area contributed by atoms with Crippen LogP contribution in [0.2, 0.25) is 0 Å². The fraction of sp³-hybridized carbons (Fsp3) is 0.176. The van der Waals surface area contributed by atoms with Gasteiger partial charge in [-0.3, -0.25) is 9.36 Å². The fourth-order valence-corrected chi connectivity index (χ4v) is 2.48. The molecule has 3 aromatic rings. The molecule has 9 nitrogen and oxygen atoms in total. The van der Waals surface area contributed by atoms with Crippen molar-refractivity contribution in [3.05, 3.63) is 46.9 Å². The monoisotopic (exact) mass is 357 g/mol. The smallest absolute Gasteiger partial charge is 0.504 e. The summed E-state index contributed by atoms with van der Waals surface area (Å²) in [5.74, 6) is -0.965. The van der Waals surface area contributed by atoms with Gasteiger partial charge in [0.05, 0.1) is 18.5 Å². The van der Waals surface area contributed by atoms with E-state index in [9.17, 15) is 14.7 Å². The van der Waals surface area contributed by atoms with Gasteiger partial charge in [0.25, 0.3) is 5.56 Å². The van der Waals surface area contributed by atoms with Crippen molar-refractivity contribution in [2.45, 2.75) is 6.54 Å². The van der Waals surface area contributed by atoms with Crippen LogP contribution in [0.4, 0.5) is 4.79 Å². The first-order chi connectivity index (χ1) is 12.5. The highest BCUT2D eigenvalue weighted by atomic mass is 16.7. The third-order valence-corrected chi connectivity index (χ3v) is 3.67. The molecule has 0 saturated carbocycles. The predicted molar refractivity (Wildman–Crippen MR) is 91.4 cm³/mol. The van der Waals surface area contributed by atoms with Crippen LogP contribution in [0, 0.1) is 0 Å². The van der Waals surface area contributed by atoms with Crippen molar-refractivity contribution in [2.24, 2.45) is 0 Å². The number of benzene rings is 1. The summed E-state index contributed by atoms with van der Waals surface area (Å²) in [6, 6.07) is 9.10. The second-order valence-corrected chi connectivity index (χ2v) is 5.29. The van der Waals surface area contributed by atoms with E-state index in [1.807, 2.05) is 18.2 Å². The average molecular weight is 357 g/mol. The zero-order valence-corrected chi connectivity index (χ0v) is 13.7. The van der Waals surface area contributed by atoms with Gasteiger partial charge in [-0.1, -0.05) is 30.3 Å². The molecule has 9 heteroatoms. The van der Waals surface area contributed by atoms with E-state index in [0.29, 0.717) is 5.82 Å². The third kappa shape index (κ3) is 3.20. The van der Waals surface area contributed by atoms with Crippen LogP contribution in [0.3, 0.4) is 0 Å². The molecule has 0 unspecified atom stereocenters. The van der Waals surface area contributed by atoms with Gasteiger partial charge < -0.3 is 19.7 Å². The number of aromatic hydroxyl groups is 1. The van der Waals surface area contributed by atoms with Crippen molar-refractivity contribution < 1.29 is 24.5 Å². The number of carbonyl (C=O) groups is 1. The maximum atomic E-state index is 12.6. The summed E-state index contributed by atoms with van der Waals surface area (Å²) in [6.45, 7) is 0.268. The normalized spacial score (nSPS) is 10.8. The summed E-state index contributed by atoms with van der Waals surface area (Å²) in [5.41, 5.74) is 0.0498. The quantitative estimate of drug-likeness (QED) is 0.663. The van der Waals surface area contributed by atoms with E-state index < -0.39 is 23.2 Å². The minimum absolute atomic E-state index is 0.0906. The van der Waals surface area contributed by atoms with Crippen LogP contribution in [0.1, 0.15) is 0 Å². The molecule has 0 bridgehead atoms. The minimum Gasteiger partial charge on any atom is -0.504 e. The van der Waals surface area contributed by atoms with Crippen LogP contribution in [0.25, 0.3) is 22.4 Å². The van der Waals surface area contributed by atoms with Crippen molar-refractivity contribution in [1.82, 2.24) is 14.5 Å². The molecule has 0 fully saturated rings. The van der Waals surface area contributed by atoms with Gasteiger partial charge >= 0.3 is 6.16 Å². The van der Waals surface area contributed by atoms with Crippen LogP contribution in [0.5, 0.6) is 11.5 Å². The number of hydrogen-bond acceptors (Lipinski definition) is 7. The molecule has 0 atom stereocenters. The average Bonchev–Trinajstić information content (AvgIpc) is 2.65. The molecule has 0 aliphatic rings. The Balaban J connectivity index is 2.28. The van der Waals surface area contributed by atoms with Gasteiger partial charge in [0, 0.05) is 18.9 Å². The molecule has 1 aromatic carbocycles. The molecule has 0 saturated heterocycles. The number of nitrogens with zero attached hydrogens (tertiary/aromatic N) is 3. The Morgan fingerprint density at radius 1 is 1.27 bits per heavy atom. The number of hydrogen-bond donors (Lipinski definition) is 2. The number of rotatable bonds is 5. The lowest BCUT2D eigenvalue weighted by atomic mass is 10.2. The van der Waals surface area contributed by atoms with E-state index in [1.165, 1.54) is 17.9 Å². The van der Waals surface area contributed by atoms with Crippen LogP contribution < -0.4 is 10.3 Å². The molecule has 3 rings (SSSR count). The van der Waals surface area contributed by atoms with Crippen LogP contribution in [-0.4, -0.2) is 44.6 Å². The molecule has 0 amide bonds. The Hall–Kier alpha value is -3.46. The Kier molecular flexibility index (Phi) is 4.81. The van der Waals surface area contributed by atoms with Crippen molar-refractivity contribution in [1.29, 1.82) is 0 Å². The third-order valence-electron chi connectivity index (χ3n) is 3.67. The van der Waals surface area contributed by atoms with E-state index in [4.69, 9.17) is 9.84 Å². The molecular weight excluding hydrogens is 342 g/mol. The lowest BCUT2D eigenvalue weighted by Crippen LogP contribution is -2.26. The highest BCUT2D eigenvalue weighted by molar-refractivity contribution is 5.86. The molecule has 0 aliphatic carbocycles. The number of fused-ring (bicyclic) bond motifs is 1. The summed E-state index contributed by atoms with van der Waals surface area (Å²) >= 11 is 0. The van der Waals surface area contributed by atoms with Gasteiger partial charge in [-0.05, 0) is 0 Å². The molecule has 0 radical (unpaired) electrons. The van der Waals surface area contributed by atoms with E-state index in [1.54, 1.807) is 12.1 Å². The maximum Gasteiger partial charge on any atom is 0.511 e. The lowest BCUT2D eigenvalue weighted by molar-refractivity contribution is 0.141. The van der Waals surface area contributed by atoms with Gasteiger partial charge in [-0.15, -0.1) is 0 Å². The van der Waals surface area contributed by atoms with E-state index in [0.717, 1.165) is 5.56 Å². The number of carboxylic acid groups (broad SMARTS) is 1. The first kappa shape index (κ1) is 17.4. The van der Waals surface area contributed by atoms with Crippen LogP contribution in [-0.2, 0) is 11.3 Å². The molecule has 26 heavy (non-hydrogen) atoms. The number of pyridine rings is 1. The Bertz CT molecular complexity index is 1020. The van der Waals surface area contributed by atoms with E-state index in [-0.39, 0.29) is 24.2 Å². The van der Waals surface area contributed by atoms with Crippen LogP contribution >= 0.6 is 0 Å². The minimum atomic E-state index is -1.71. The van der Waals surface area contributed by atoms with Crippen molar-refractivity contribution in [3.63, 3.8) is 0 Å². The second kappa shape index (κ2) is 7.19. The number of aromatic nitrogens is 3. The summed E-state index contributed by atoms with van der Waals surface area (Å²) in [7, 11) is 1.46. The van der Waals surface area contributed by atoms with Crippen molar-refractivity contribution in [2.75, 3.05) is 13.7 Å². The summed E-state index contributed by atoms with van der Waals surface area (Å²) in [4.78, 5) is 32.0. The molecular formula is C17H15N3O6. The van der Waals surface area contributed by atoms with Gasteiger partial charge in [-0.2, -0.15) is 0 Å². The molecule has 2 aromatic heterocycles. The molecule has 2 heterocycles. The largest absolute Gasteiger partial charge is 0.511 e. The highest BCUT2D eigenvalue weighted by Gasteiger charge is 2.21. The first-order valence-electron chi connectivity index (χ1n) is 7.60. The Morgan fingerprint density at radius 2 is 2.00 bits per heavy atom. The predicted octanol–water partition coefficient (Wildman–Crippen LogP) is 1.87. The first-order valence-corrected chi connectivity index (χ1v) is 7.60. The number of ether oxygens (including phenoxy) is 2. The van der Waals surface area contributed by atoms with Crippen LogP contribution in [0.15, 0.2) is 41.3 Å². The SMILES string of the molecule is COCCn1c(=O)c(OC(=O)O)c(O)c2cnc(-c3ccccc3)nc21. The fourth-order valence-electron chi connectivity index (χ4n) is 2.48. The van der Waals surface area contributed by atoms with Gasteiger partial charge in [0.1, 0.15) is 0 Å². The lowest BCUT2D eigenvalue weighted by Gasteiger charge is -2.13. The topological polar surface area (TPSA) is 124 Å². The van der Waals surface area contributed by atoms with E-state index >= 15 is 0 Å². The standard InChI is InChI=1S/C17H15N3O6/c1-25-8-7-20-15-11(12(21)13(16(20)22)26-17(23)24)9-18-14(19-15)10-5-3-2-4-6-10/h2-6,9,21H,7-8H2,1H3,(H,23,24). The molecule has 0 aliphatic heterocycles. The Morgan fingerprint density at radius 3 is 2.65 bits per heavy atom. The Labute approximate surface area is 147 Å². The summed E-state index contributed by atoms with van der Waals surface area (Å²) < 4.78 is 10.6. The maximum absolute atomic E-state index is 12.6. The molecule has 0 spiro atoms. The van der Waals surface area contributed by atoms with Crippen molar-refractivity contribution >= 4 is 17.2 Å². The van der Waals surface area contributed by atoms with Gasteiger partial charge in [0.15, 0.2) is 17.2 Å². The zero-order valence-electron chi connectivity index (χ0n) is 13.7. The summed E-state index contributed by atoms with van der Waals surface area (Å²) in [5, 5.41) is 19.2. The highest BCUT2D eigenvalue weighted by Crippen LogP contribution is 2.31. The summed E-state index contributed by atoms with van der Waals surface area (Å²) in [6.07, 6.45) is -0.394. The second-order valence-electron chi connectivity index (χ2n) is 5.29. The van der Waals surface area contributed by atoms with E-state index in [2.05, 4.69) is 14.7 Å². The number of methoxy groups -OCH3 is 1. The van der Waals surface area contributed by atoms with Crippen molar-refractivity contribution in [3.8, 4) is 22.9 Å². The molecule has 2 N–H and O–H groups in total. The molecule has 134 valence electrons. The zero-order chi connectivity index (χ0) is 18.7. The van der Waals surface area contributed by atoms with Gasteiger partial charge in [-0.25, -0.2) is 14.8 Å².